The summed E-state index contributed by atoms with van der Waals surface area (Å²) in [6, 6.07) is 10.00. The molecule has 3 heterocycles. The van der Waals surface area contributed by atoms with E-state index in [0.29, 0.717) is 41.3 Å². The molecule has 0 bridgehead atoms. The molecule has 40 heavy (non-hydrogen) atoms. The number of halogens is 2. The Morgan fingerprint density at radius 2 is 1.77 bits per heavy atom. The van der Waals surface area contributed by atoms with Gasteiger partial charge < -0.3 is 19.5 Å². The maximum atomic E-state index is 13.1. The van der Waals surface area contributed by atoms with E-state index in [0.717, 1.165) is 31.5 Å². The van der Waals surface area contributed by atoms with Crippen molar-refractivity contribution in [2.24, 2.45) is 5.41 Å². The van der Waals surface area contributed by atoms with Crippen LogP contribution in [0.25, 0.3) is 11.3 Å². The van der Waals surface area contributed by atoms with Gasteiger partial charge in [0.1, 0.15) is 16.7 Å². The van der Waals surface area contributed by atoms with Crippen LogP contribution in [0.5, 0.6) is 5.75 Å². The van der Waals surface area contributed by atoms with E-state index in [2.05, 4.69) is 28.7 Å². The first kappa shape index (κ1) is 29.7. The highest BCUT2D eigenvalue weighted by molar-refractivity contribution is 6.31. The van der Waals surface area contributed by atoms with Gasteiger partial charge in [0.15, 0.2) is 6.10 Å². The molecule has 214 valence electrons. The molecule has 1 aromatic carbocycles. The van der Waals surface area contributed by atoms with Gasteiger partial charge in [-0.3, -0.25) is 4.98 Å². The highest BCUT2D eigenvalue weighted by Gasteiger charge is 2.36. The molecule has 4 rings (SSSR count). The number of rotatable bonds is 9. The van der Waals surface area contributed by atoms with Gasteiger partial charge in [-0.25, -0.2) is 14.2 Å². The molecular weight excluding hydrogens is 533 g/mol. The summed E-state index contributed by atoms with van der Waals surface area (Å²) in [7, 11) is 0. The van der Waals surface area contributed by atoms with Crippen molar-refractivity contribution in [2.75, 3.05) is 24.6 Å². The van der Waals surface area contributed by atoms with Gasteiger partial charge >= 0.3 is 5.97 Å². The molecule has 7 nitrogen and oxygen atoms in total. The number of aromatic nitrogens is 2. The van der Waals surface area contributed by atoms with Crippen molar-refractivity contribution in [3.8, 4) is 17.0 Å². The number of ether oxygens (including phenoxy) is 2. The average molecular weight is 570 g/mol. The number of carboxylic acids is 1. The number of carbonyl (C=O) groups is 1. The Balaban J connectivity index is 1.67. The summed E-state index contributed by atoms with van der Waals surface area (Å²) in [5.41, 5.74) is 2.76. The number of hydrogen-bond acceptors (Lipinski definition) is 6. The average Bonchev–Trinajstić information content (AvgIpc) is 2.88. The van der Waals surface area contributed by atoms with Gasteiger partial charge in [0.2, 0.25) is 0 Å². The van der Waals surface area contributed by atoms with Gasteiger partial charge in [-0.1, -0.05) is 37.6 Å². The molecule has 1 aliphatic rings. The summed E-state index contributed by atoms with van der Waals surface area (Å²) in [5, 5.41) is 10.3. The van der Waals surface area contributed by atoms with Crippen LogP contribution in [0.1, 0.15) is 64.7 Å². The first-order valence-electron chi connectivity index (χ1n) is 13.5. The van der Waals surface area contributed by atoms with E-state index >= 15 is 0 Å². The van der Waals surface area contributed by atoms with Crippen molar-refractivity contribution < 1.29 is 23.8 Å². The molecule has 0 saturated carbocycles. The lowest BCUT2D eigenvalue weighted by Crippen LogP contribution is -2.39. The molecule has 0 spiro atoms. The summed E-state index contributed by atoms with van der Waals surface area (Å²) >= 11 is 6.63. The summed E-state index contributed by atoms with van der Waals surface area (Å²) in [4.78, 5) is 23.7. The third-order valence-corrected chi connectivity index (χ3v) is 7.32. The molecular formula is C31H37ClFN3O4. The van der Waals surface area contributed by atoms with Crippen molar-refractivity contribution >= 4 is 23.3 Å². The summed E-state index contributed by atoms with van der Waals surface area (Å²) < 4.78 is 25.0. The second-order valence-corrected chi connectivity index (χ2v) is 12.3. The third kappa shape index (κ3) is 7.49. The summed E-state index contributed by atoms with van der Waals surface area (Å²) in [6.07, 6.45) is 4.49. The number of nitrogens with zero attached hydrogens (tertiary/aromatic N) is 3. The molecule has 1 unspecified atom stereocenters. The zero-order valence-electron chi connectivity index (χ0n) is 23.7. The SMILES string of the molecule is CC1(C)CCN(c2c(-c3ccc(OCCc4ccc(F)cc4)cn3)cnc(Cl)c2C(OC(C)(C)C)C(=O)O)CC1. The number of anilines is 1. The van der Waals surface area contributed by atoms with Gasteiger partial charge in [-0.15, -0.1) is 0 Å². The van der Waals surface area contributed by atoms with Crippen molar-refractivity contribution in [2.45, 2.75) is 65.6 Å². The molecule has 1 fully saturated rings. The van der Waals surface area contributed by atoms with Gasteiger partial charge in [0, 0.05) is 31.3 Å². The molecule has 0 amide bonds. The van der Waals surface area contributed by atoms with Crippen LogP contribution in [-0.2, 0) is 16.0 Å². The van der Waals surface area contributed by atoms with Gasteiger partial charge in [0.25, 0.3) is 0 Å². The van der Waals surface area contributed by atoms with Crippen LogP contribution in [0.15, 0.2) is 48.8 Å². The fourth-order valence-electron chi connectivity index (χ4n) is 4.74. The lowest BCUT2D eigenvalue weighted by atomic mass is 9.82. The molecule has 0 radical (unpaired) electrons. The number of pyridine rings is 2. The minimum atomic E-state index is -1.31. The Kier molecular flexibility index (Phi) is 9.00. The molecule has 1 saturated heterocycles. The zero-order chi connectivity index (χ0) is 29.1. The highest BCUT2D eigenvalue weighted by atomic mass is 35.5. The van der Waals surface area contributed by atoms with Crippen LogP contribution in [0.4, 0.5) is 10.1 Å². The smallest absolute Gasteiger partial charge is 0.337 e. The predicted octanol–water partition coefficient (Wildman–Crippen LogP) is 7.12. The van der Waals surface area contributed by atoms with E-state index in [1.807, 2.05) is 32.9 Å². The summed E-state index contributed by atoms with van der Waals surface area (Å²) in [6.45, 7) is 11.8. The van der Waals surface area contributed by atoms with Gasteiger partial charge in [0.05, 0.1) is 35.3 Å². The van der Waals surface area contributed by atoms with Crippen LogP contribution in [0, 0.1) is 11.2 Å². The zero-order valence-corrected chi connectivity index (χ0v) is 24.5. The van der Waals surface area contributed by atoms with Crippen molar-refractivity contribution in [3.05, 3.63) is 70.9 Å². The molecule has 1 N–H and O–H groups in total. The Bertz CT molecular complexity index is 1310. The van der Waals surface area contributed by atoms with Crippen LogP contribution < -0.4 is 9.64 Å². The molecule has 2 aromatic heterocycles. The minimum absolute atomic E-state index is 0.0981. The highest BCUT2D eigenvalue weighted by Crippen LogP contribution is 2.44. The van der Waals surface area contributed by atoms with E-state index in [1.165, 1.54) is 12.1 Å². The Morgan fingerprint density at radius 3 is 2.35 bits per heavy atom. The number of hydrogen-bond donors (Lipinski definition) is 1. The maximum Gasteiger partial charge on any atom is 0.337 e. The lowest BCUT2D eigenvalue weighted by molar-refractivity contribution is -0.160. The van der Waals surface area contributed by atoms with Crippen LogP contribution >= 0.6 is 11.6 Å². The largest absolute Gasteiger partial charge is 0.492 e. The van der Waals surface area contributed by atoms with E-state index in [-0.39, 0.29) is 16.4 Å². The Labute approximate surface area is 240 Å². The number of piperidine rings is 1. The van der Waals surface area contributed by atoms with E-state index in [4.69, 9.17) is 21.1 Å². The molecule has 9 heteroatoms. The first-order chi connectivity index (χ1) is 18.8. The quantitative estimate of drug-likeness (QED) is 0.274. The lowest BCUT2D eigenvalue weighted by Gasteiger charge is -2.40. The molecule has 1 aliphatic heterocycles. The standard InChI is InChI=1S/C31H37ClFN3O4/c1-30(2,3)40-27(29(37)38)25-26(36-15-13-31(4,5)14-16-36)23(19-35-28(25)32)24-11-10-22(18-34-24)39-17-12-20-6-8-21(33)9-7-20/h6-11,18-19,27H,12-17H2,1-5H3,(H,37,38). The van der Waals surface area contributed by atoms with Crippen molar-refractivity contribution in [1.82, 2.24) is 9.97 Å². The van der Waals surface area contributed by atoms with E-state index in [9.17, 15) is 14.3 Å². The second-order valence-electron chi connectivity index (χ2n) is 11.9. The topological polar surface area (TPSA) is 84.8 Å². The van der Waals surface area contributed by atoms with E-state index < -0.39 is 17.7 Å². The molecule has 3 aromatic rings. The molecule has 0 aliphatic carbocycles. The van der Waals surface area contributed by atoms with Crippen LogP contribution in [0.3, 0.4) is 0 Å². The number of benzene rings is 1. The second kappa shape index (κ2) is 12.1. The monoisotopic (exact) mass is 569 g/mol. The number of carboxylic acid groups (broad SMARTS) is 1. The number of aliphatic carboxylic acids is 1. The fourth-order valence-corrected chi connectivity index (χ4v) is 4.98. The predicted molar refractivity (Wildman–Crippen MR) is 155 cm³/mol. The Hall–Kier alpha value is -3.23. The minimum Gasteiger partial charge on any atom is -0.492 e. The summed E-state index contributed by atoms with van der Waals surface area (Å²) in [5.74, 6) is -0.808. The van der Waals surface area contributed by atoms with Gasteiger partial charge in [-0.05, 0) is 68.9 Å². The molecule has 1 atom stereocenters. The third-order valence-electron chi connectivity index (χ3n) is 7.02. The van der Waals surface area contributed by atoms with Gasteiger partial charge in [-0.2, -0.15) is 0 Å². The maximum absolute atomic E-state index is 13.1. The van der Waals surface area contributed by atoms with E-state index in [1.54, 1.807) is 24.5 Å². The van der Waals surface area contributed by atoms with Crippen LogP contribution in [-0.4, -0.2) is 46.3 Å². The van der Waals surface area contributed by atoms with Crippen molar-refractivity contribution in [3.63, 3.8) is 0 Å². The normalized spacial score (nSPS) is 16.0. The van der Waals surface area contributed by atoms with Crippen molar-refractivity contribution in [1.29, 1.82) is 0 Å². The van der Waals surface area contributed by atoms with Crippen LogP contribution in [0.2, 0.25) is 5.15 Å². The fraction of sp³-hybridized carbons (Fsp3) is 0.452. The first-order valence-corrected chi connectivity index (χ1v) is 13.9. The Morgan fingerprint density at radius 1 is 1.10 bits per heavy atom.